The minimum absolute atomic E-state index is 0.307. The molecular weight excluding hydrogens is 254 g/mol. The van der Waals surface area contributed by atoms with Crippen LogP contribution in [0.25, 0.3) is 0 Å². The first-order valence-electron chi connectivity index (χ1n) is 3.69. The van der Waals surface area contributed by atoms with Gasteiger partial charge in [-0.1, -0.05) is 15.9 Å². The summed E-state index contributed by atoms with van der Waals surface area (Å²) < 4.78 is 24.1. The van der Waals surface area contributed by atoms with E-state index < -0.39 is 12.2 Å². The van der Waals surface area contributed by atoms with Crippen LogP contribution in [0.2, 0.25) is 0 Å². The van der Waals surface area contributed by atoms with E-state index in [9.17, 15) is 13.6 Å². The second-order valence-corrected chi connectivity index (χ2v) is 3.32. The van der Waals surface area contributed by atoms with Crippen LogP contribution in [0, 0.1) is 11.8 Å². The summed E-state index contributed by atoms with van der Waals surface area (Å²) >= 11 is 3.19. The molecule has 1 aromatic rings. The lowest BCUT2D eigenvalue weighted by molar-refractivity contribution is 0.105. The molecule has 0 saturated heterocycles. The van der Waals surface area contributed by atoms with Crippen molar-refractivity contribution >= 4 is 21.7 Å². The van der Waals surface area contributed by atoms with Crippen molar-refractivity contribution in [2.24, 2.45) is 0 Å². The lowest BCUT2D eigenvalue weighted by Gasteiger charge is -1.93. The predicted octanol–water partition coefficient (Wildman–Crippen LogP) is 2.90. The maximum Gasteiger partial charge on any atom is 0.299 e. The smallest absolute Gasteiger partial charge is 0.279 e. The minimum atomic E-state index is -2.77. The molecule has 1 nitrogen and oxygen atoms in total. The Hall–Kier alpha value is -1.21. The second kappa shape index (κ2) is 4.87. The van der Waals surface area contributed by atoms with E-state index in [1.54, 1.807) is 12.1 Å². The number of carbonyl (C=O) groups is 1. The zero-order valence-electron chi connectivity index (χ0n) is 6.93. The lowest BCUT2D eigenvalue weighted by atomic mass is 10.1. The SMILES string of the molecule is O=C(C#CC(F)F)c1ccc(Br)cc1. The first kappa shape index (κ1) is 10.9. The Kier molecular flexibility index (Phi) is 3.78. The van der Waals surface area contributed by atoms with E-state index in [4.69, 9.17) is 0 Å². The van der Waals surface area contributed by atoms with Crippen LogP contribution in [0.3, 0.4) is 0 Å². The molecule has 0 aromatic heterocycles. The molecule has 0 fully saturated rings. The topological polar surface area (TPSA) is 17.1 Å². The molecule has 0 bridgehead atoms. The van der Waals surface area contributed by atoms with Gasteiger partial charge in [-0.15, -0.1) is 0 Å². The van der Waals surface area contributed by atoms with Crippen LogP contribution >= 0.6 is 15.9 Å². The summed E-state index contributed by atoms with van der Waals surface area (Å²) in [7, 11) is 0. The third kappa shape index (κ3) is 3.27. The number of alkyl halides is 2. The van der Waals surface area contributed by atoms with Crippen LogP contribution in [0.5, 0.6) is 0 Å². The highest BCUT2D eigenvalue weighted by Gasteiger charge is 2.02. The fourth-order valence-electron chi connectivity index (χ4n) is 0.794. The Morgan fingerprint density at radius 1 is 1.29 bits per heavy atom. The van der Waals surface area contributed by atoms with E-state index in [0.717, 1.165) is 4.47 Å². The number of halogens is 3. The van der Waals surface area contributed by atoms with Gasteiger partial charge in [0.1, 0.15) is 0 Å². The van der Waals surface area contributed by atoms with E-state index in [-0.39, 0.29) is 0 Å². The van der Waals surface area contributed by atoms with E-state index in [0.29, 0.717) is 5.56 Å². The van der Waals surface area contributed by atoms with Gasteiger partial charge in [0.25, 0.3) is 6.43 Å². The maximum absolute atomic E-state index is 11.6. The molecule has 72 valence electrons. The third-order valence-corrected chi connectivity index (χ3v) is 1.93. The highest BCUT2D eigenvalue weighted by Crippen LogP contribution is 2.10. The van der Waals surface area contributed by atoms with Gasteiger partial charge in [0, 0.05) is 10.0 Å². The number of hydrogen-bond acceptors (Lipinski definition) is 1. The largest absolute Gasteiger partial charge is 0.299 e. The molecule has 0 aliphatic carbocycles. The molecule has 0 radical (unpaired) electrons. The van der Waals surface area contributed by atoms with Crippen LogP contribution in [-0.4, -0.2) is 12.2 Å². The van der Waals surface area contributed by atoms with Crippen molar-refractivity contribution in [3.05, 3.63) is 34.3 Å². The molecule has 0 aliphatic heterocycles. The Morgan fingerprint density at radius 2 is 1.86 bits per heavy atom. The minimum Gasteiger partial charge on any atom is -0.279 e. The molecule has 14 heavy (non-hydrogen) atoms. The molecule has 0 atom stereocenters. The maximum atomic E-state index is 11.6. The molecule has 0 heterocycles. The first-order chi connectivity index (χ1) is 6.59. The van der Waals surface area contributed by atoms with Gasteiger partial charge in [-0.3, -0.25) is 4.79 Å². The normalized spacial score (nSPS) is 9.43. The summed E-state index contributed by atoms with van der Waals surface area (Å²) in [5.74, 6) is 2.78. The zero-order chi connectivity index (χ0) is 10.6. The number of ketones is 1. The fraction of sp³-hybridized carbons (Fsp3) is 0.100. The molecule has 0 saturated carbocycles. The quantitative estimate of drug-likeness (QED) is 0.430. The molecule has 4 heteroatoms. The van der Waals surface area contributed by atoms with Crippen LogP contribution in [0.15, 0.2) is 28.7 Å². The molecule has 0 spiro atoms. The average molecular weight is 259 g/mol. The van der Waals surface area contributed by atoms with Crippen molar-refractivity contribution in [3.63, 3.8) is 0 Å². The number of Topliss-reactive ketones (excluding diaryl/α,β-unsaturated/α-hetero) is 1. The van der Waals surface area contributed by atoms with Crippen molar-refractivity contribution < 1.29 is 13.6 Å². The Labute approximate surface area is 88.3 Å². The number of benzene rings is 1. The molecular formula is C10H5BrF2O. The van der Waals surface area contributed by atoms with Gasteiger partial charge < -0.3 is 0 Å². The summed E-state index contributed by atoms with van der Waals surface area (Å²) in [6.07, 6.45) is -2.77. The second-order valence-electron chi connectivity index (χ2n) is 2.41. The number of carbonyl (C=O) groups excluding carboxylic acids is 1. The third-order valence-electron chi connectivity index (χ3n) is 1.40. The van der Waals surface area contributed by atoms with Crippen LogP contribution in [0.4, 0.5) is 8.78 Å². The van der Waals surface area contributed by atoms with Crippen LogP contribution in [-0.2, 0) is 0 Å². The first-order valence-corrected chi connectivity index (χ1v) is 4.48. The van der Waals surface area contributed by atoms with Crippen molar-refractivity contribution in [2.75, 3.05) is 0 Å². The van der Waals surface area contributed by atoms with Gasteiger partial charge >= 0.3 is 0 Å². The van der Waals surface area contributed by atoms with Crippen LogP contribution in [0.1, 0.15) is 10.4 Å². The van der Waals surface area contributed by atoms with Crippen LogP contribution < -0.4 is 0 Å². The van der Waals surface area contributed by atoms with Gasteiger partial charge in [-0.05, 0) is 36.1 Å². The van der Waals surface area contributed by atoms with Gasteiger partial charge in [-0.2, -0.15) is 8.78 Å². The summed E-state index contributed by atoms with van der Waals surface area (Å²) in [5.41, 5.74) is 0.307. The lowest BCUT2D eigenvalue weighted by Crippen LogP contribution is -1.95. The van der Waals surface area contributed by atoms with Gasteiger partial charge in [0.15, 0.2) is 0 Å². The van der Waals surface area contributed by atoms with Gasteiger partial charge in [-0.25, -0.2) is 0 Å². The molecule has 1 aromatic carbocycles. The molecule has 1 rings (SSSR count). The number of rotatable bonds is 1. The van der Waals surface area contributed by atoms with E-state index in [1.807, 2.05) is 5.92 Å². The fourth-order valence-corrected chi connectivity index (χ4v) is 1.06. The Morgan fingerprint density at radius 3 is 2.36 bits per heavy atom. The van der Waals surface area contributed by atoms with Gasteiger partial charge in [0.05, 0.1) is 0 Å². The monoisotopic (exact) mass is 258 g/mol. The van der Waals surface area contributed by atoms with E-state index in [2.05, 4.69) is 15.9 Å². The van der Waals surface area contributed by atoms with E-state index in [1.165, 1.54) is 18.1 Å². The Bertz CT molecular complexity index is 387. The van der Waals surface area contributed by atoms with Crippen molar-refractivity contribution in [1.29, 1.82) is 0 Å². The van der Waals surface area contributed by atoms with Gasteiger partial charge in [0.2, 0.25) is 5.78 Å². The van der Waals surface area contributed by atoms with Crippen molar-refractivity contribution in [1.82, 2.24) is 0 Å². The predicted molar refractivity (Wildman–Crippen MR) is 52.3 cm³/mol. The summed E-state index contributed by atoms with van der Waals surface area (Å²) in [6.45, 7) is 0. The Balaban J connectivity index is 2.82. The summed E-state index contributed by atoms with van der Waals surface area (Å²) in [6, 6.07) is 6.34. The van der Waals surface area contributed by atoms with Crippen molar-refractivity contribution in [3.8, 4) is 11.8 Å². The highest BCUT2D eigenvalue weighted by atomic mass is 79.9. The van der Waals surface area contributed by atoms with Crippen molar-refractivity contribution in [2.45, 2.75) is 6.43 Å². The molecule has 0 aliphatic rings. The summed E-state index contributed by atoms with van der Waals surface area (Å²) in [5, 5.41) is 0. The zero-order valence-corrected chi connectivity index (χ0v) is 8.51. The number of hydrogen-bond donors (Lipinski definition) is 0. The highest BCUT2D eigenvalue weighted by molar-refractivity contribution is 9.10. The molecule has 0 unspecified atom stereocenters. The summed E-state index contributed by atoms with van der Waals surface area (Å²) in [4.78, 5) is 11.1. The molecule has 0 N–H and O–H groups in total. The standard InChI is InChI=1S/C10H5BrF2O/c11-8-3-1-7(2-4-8)9(14)5-6-10(12)13/h1-4,10H. The molecule has 0 amide bonds. The average Bonchev–Trinajstić information content (AvgIpc) is 2.15. The van der Waals surface area contributed by atoms with E-state index >= 15 is 0 Å².